The molecule has 112 valence electrons. The van der Waals surface area contributed by atoms with Gasteiger partial charge in [-0.15, -0.1) is 0 Å². The van der Waals surface area contributed by atoms with Gasteiger partial charge in [-0.3, -0.25) is 0 Å². The molecule has 5 heteroatoms. The number of halogens is 3. The van der Waals surface area contributed by atoms with Crippen molar-refractivity contribution in [2.75, 3.05) is 0 Å². The van der Waals surface area contributed by atoms with Gasteiger partial charge in [-0.2, -0.15) is 0 Å². The molecular formula is C16H16Br2FNO. The first-order valence-electron chi connectivity index (χ1n) is 6.66. The Kier molecular flexibility index (Phi) is 5.79. The van der Waals surface area contributed by atoms with Crippen molar-refractivity contribution in [3.05, 3.63) is 56.7 Å². The molecular weight excluding hydrogens is 401 g/mol. The number of hydrogen-bond donors (Lipinski definition) is 1. The van der Waals surface area contributed by atoms with Crippen LogP contribution in [0.4, 0.5) is 4.39 Å². The van der Waals surface area contributed by atoms with E-state index in [9.17, 15) is 4.39 Å². The highest BCUT2D eigenvalue weighted by Gasteiger charge is 2.08. The fourth-order valence-corrected chi connectivity index (χ4v) is 2.74. The van der Waals surface area contributed by atoms with Crippen LogP contribution in [0.15, 0.2) is 45.3 Å². The first-order valence-corrected chi connectivity index (χ1v) is 8.25. The fraction of sp³-hybridized carbons (Fsp3) is 0.250. The second-order valence-corrected chi connectivity index (χ2v) is 6.51. The zero-order valence-electron chi connectivity index (χ0n) is 11.6. The van der Waals surface area contributed by atoms with Crippen LogP contribution in [0.3, 0.4) is 0 Å². The van der Waals surface area contributed by atoms with E-state index in [1.807, 2.05) is 18.2 Å². The minimum absolute atomic E-state index is 0.154. The molecule has 1 unspecified atom stereocenters. The molecule has 0 fully saturated rings. The first-order chi connectivity index (χ1) is 9.99. The smallest absolute Gasteiger partial charge is 0.137 e. The zero-order valence-corrected chi connectivity index (χ0v) is 14.7. The molecule has 0 saturated heterocycles. The minimum Gasteiger partial charge on any atom is -0.457 e. The second kappa shape index (κ2) is 7.38. The maximum absolute atomic E-state index is 13.2. The van der Waals surface area contributed by atoms with Gasteiger partial charge in [0.1, 0.15) is 17.3 Å². The molecule has 2 aromatic carbocycles. The van der Waals surface area contributed by atoms with Crippen molar-refractivity contribution in [3.8, 4) is 11.5 Å². The Bertz CT molecular complexity index is 634. The molecule has 0 heterocycles. The quantitative estimate of drug-likeness (QED) is 0.705. The summed E-state index contributed by atoms with van der Waals surface area (Å²) in [5.41, 5.74) is 7.12. The summed E-state index contributed by atoms with van der Waals surface area (Å²) >= 11 is 6.68. The molecule has 0 bridgehead atoms. The lowest BCUT2D eigenvalue weighted by atomic mass is 10.0. The van der Waals surface area contributed by atoms with Crippen LogP contribution in [0.2, 0.25) is 0 Å². The Balaban J connectivity index is 2.14. The highest BCUT2D eigenvalue weighted by Crippen LogP contribution is 2.30. The molecule has 2 rings (SSSR count). The highest BCUT2D eigenvalue weighted by atomic mass is 79.9. The predicted octanol–water partition coefficient (Wildman–Crippen LogP) is 5.42. The van der Waals surface area contributed by atoms with E-state index < -0.39 is 0 Å². The van der Waals surface area contributed by atoms with Gasteiger partial charge >= 0.3 is 0 Å². The second-order valence-electron chi connectivity index (χ2n) is 4.80. The SMILES string of the molecule is CCC(N)Cc1ccc(Oc2ccc(F)c(Br)c2)cc1Br. The molecule has 0 aliphatic carbocycles. The number of benzene rings is 2. The predicted molar refractivity (Wildman–Crippen MR) is 90.3 cm³/mol. The lowest BCUT2D eigenvalue weighted by molar-refractivity contribution is 0.479. The van der Waals surface area contributed by atoms with Crippen molar-refractivity contribution in [3.63, 3.8) is 0 Å². The molecule has 0 amide bonds. The summed E-state index contributed by atoms with van der Waals surface area (Å²) < 4.78 is 20.3. The van der Waals surface area contributed by atoms with Crippen molar-refractivity contribution >= 4 is 31.9 Å². The van der Waals surface area contributed by atoms with E-state index >= 15 is 0 Å². The van der Waals surface area contributed by atoms with E-state index in [-0.39, 0.29) is 11.9 Å². The molecule has 1 atom stereocenters. The average molecular weight is 417 g/mol. The maximum Gasteiger partial charge on any atom is 0.137 e. The molecule has 0 aromatic heterocycles. The summed E-state index contributed by atoms with van der Waals surface area (Å²) in [6.45, 7) is 2.07. The van der Waals surface area contributed by atoms with Crippen molar-refractivity contribution in [1.82, 2.24) is 0 Å². The standard InChI is InChI=1S/C16H16Br2FNO/c1-2-11(20)7-10-3-4-12(8-14(10)17)21-13-5-6-16(19)15(18)9-13/h3-6,8-9,11H,2,7,20H2,1H3. The monoisotopic (exact) mass is 415 g/mol. The topological polar surface area (TPSA) is 35.2 Å². The number of hydrogen-bond acceptors (Lipinski definition) is 2. The Morgan fingerprint density at radius 3 is 2.29 bits per heavy atom. The van der Waals surface area contributed by atoms with Crippen molar-refractivity contribution < 1.29 is 9.13 Å². The van der Waals surface area contributed by atoms with Crippen molar-refractivity contribution in [2.45, 2.75) is 25.8 Å². The molecule has 2 aromatic rings. The Hall–Kier alpha value is -0.910. The van der Waals surface area contributed by atoms with E-state index in [4.69, 9.17) is 10.5 Å². The van der Waals surface area contributed by atoms with Gasteiger partial charge in [-0.05, 0) is 64.7 Å². The molecule has 0 aliphatic heterocycles. The number of rotatable bonds is 5. The Labute approximate surface area is 140 Å². The van der Waals surface area contributed by atoms with E-state index in [2.05, 4.69) is 38.8 Å². The van der Waals surface area contributed by atoms with Crippen LogP contribution in [-0.2, 0) is 6.42 Å². The largest absolute Gasteiger partial charge is 0.457 e. The average Bonchev–Trinajstić information content (AvgIpc) is 2.45. The zero-order chi connectivity index (χ0) is 15.4. The van der Waals surface area contributed by atoms with Crippen LogP contribution >= 0.6 is 31.9 Å². The molecule has 0 spiro atoms. The molecule has 0 aliphatic rings. The summed E-state index contributed by atoms with van der Waals surface area (Å²) in [5, 5.41) is 0. The normalized spacial score (nSPS) is 12.2. The van der Waals surface area contributed by atoms with Gasteiger partial charge in [0.05, 0.1) is 4.47 Å². The van der Waals surface area contributed by atoms with Crippen molar-refractivity contribution in [2.24, 2.45) is 5.73 Å². The van der Waals surface area contributed by atoms with Crippen LogP contribution in [0.5, 0.6) is 11.5 Å². The van der Waals surface area contributed by atoms with Crippen LogP contribution in [-0.4, -0.2) is 6.04 Å². The van der Waals surface area contributed by atoms with E-state index in [1.54, 1.807) is 12.1 Å². The fourth-order valence-electron chi connectivity index (χ4n) is 1.86. The summed E-state index contributed by atoms with van der Waals surface area (Å²) in [4.78, 5) is 0. The molecule has 2 nitrogen and oxygen atoms in total. The Morgan fingerprint density at radius 1 is 1.10 bits per heavy atom. The summed E-state index contributed by atoms with van der Waals surface area (Å²) in [5.74, 6) is 0.954. The van der Waals surface area contributed by atoms with Gasteiger partial charge in [-0.1, -0.05) is 28.9 Å². The van der Waals surface area contributed by atoms with E-state index in [1.165, 1.54) is 6.07 Å². The highest BCUT2D eigenvalue weighted by molar-refractivity contribution is 9.10. The van der Waals surface area contributed by atoms with E-state index in [0.29, 0.717) is 16.0 Å². The third-order valence-corrected chi connectivity index (χ3v) is 4.50. The van der Waals surface area contributed by atoms with Crippen LogP contribution < -0.4 is 10.5 Å². The van der Waals surface area contributed by atoms with Crippen molar-refractivity contribution in [1.29, 1.82) is 0 Å². The first kappa shape index (κ1) is 16.5. The number of nitrogens with two attached hydrogens (primary N) is 1. The third-order valence-electron chi connectivity index (χ3n) is 3.16. The molecule has 2 N–H and O–H groups in total. The van der Waals surface area contributed by atoms with Crippen LogP contribution in [0.25, 0.3) is 0 Å². The molecule has 0 saturated carbocycles. The molecule has 21 heavy (non-hydrogen) atoms. The summed E-state index contributed by atoms with van der Waals surface area (Å²) in [6.07, 6.45) is 1.76. The van der Waals surface area contributed by atoms with E-state index in [0.717, 1.165) is 22.9 Å². The lowest BCUT2D eigenvalue weighted by Gasteiger charge is -2.12. The lowest BCUT2D eigenvalue weighted by Crippen LogP contribution is -2.21. The van der Waals surface area contributed by atoms with Crippen LogP contribution in [0.1, 0.15) is 18.9 Å². The Morgan fingerprint density at radius 2 is 1.71 bits per heavy atom. The van der Waals surface area contributed by atoms with Gasteiger partial charge in [0.2, 0.25) is 0 Å². The number of ether oxygens (including phenoxy) is 1. The minimum atomic E-state index is -0.313. The third kappa shape index (κ3) is 4.53. The van der Waals surface area contributed by atoms with Crippen LogP contribution in [0, 0.1) is 5.82 Å². The maximum atomic E-state index is 13.2. The molecule has 0 radical (unpaired) electrons. The summed E-state index contributed by atoms with van der Waals surface area (Å²) in [6, 6.07) is 10.5. The summed E-state index contributed by atoms with van der Waals surface area (Å²) in [7, 11) is 0. The van der Waals surface area contributed by atoms with Gasteiger partial charge in [0.25, 0.3) is 0 Å². The van der Waals surface area contributed by atoms with Gasteiger partial charge in [0.15, 0.2) is 0 Å². The van der Waals surface area contributed by atoms with Gasteiger partial charge in [0, 0.05) is 10.5 Å². The van der Waals surface area contributed by atoms with Gasteiger partial charge in [-0.25, -0.2) is 4.39 Å². The van der Waals surface area contributed by atoms with Gasteiger partial charge < -0.3 is 10.5 Å².